The number of hydrogen-bond acceptors (Lipinski definition) is 4. The lowest BCUT2D eigenvalue weighted by molar-refractivity contribution is -0.141. The number of esters is 1. The Kier molecular flexibility index (Phi) is 3.71. The molecule has 0 radical (unpaired) electrons. The number of carbonyl (C=O) groups excluding carboxylic acids is 1. The highest BCUT2D eigenvalue weighted by Gasteiger charge is 2.13. The molecule has 1 heterocycles. The number of carbonyl (C=O) groups is 1. The van der Waals surface area contributed by atoms with Crippen molar-refractivity contribution in [3.8, 4) is 0 Å². The molecule has 0 aliphatic carbocycles. The molecule has 2 N–H and O–H groups in total. The Bertz CT molecular complexity index is 300. The minimum atomic E-state index is -0.315. The van der Waals surface area contributed by atoms with Crippen LogP contribution in [0.1, 0.15) is 17.3 Å². The maximum Gasteiger partial charge on any atom is 0.307 e. The predicted octanol–water partition coefficient (Wildman–Crippen LogP) is 1.96. The van der Waals surface area contributed by atoms with E-state index in [1.807, 2.05) is 0 Å². The lowest BCUT2D eigenvalue weighted by Gasteiger charge is -2.06. The van der Waals surface area contributed by atoms with Gasteiger partial charge in [0.15, 0.2) is 0 Å². The zero-order valence-electron chi connectivity index (χ0n) is 7.12. The zero-order valence-corrected chi connectivity index (χ0v) is 8.69. The Morgan fingerprint density at radius 2 is 2.54 bits per heavy atom. The number of nitrogens with two attached hydrogens (primary N) is 1. The molecule has 1 atom stereocenters. The molecule has 0 spiro atoms. The molecule has 13 heavy (non-hydrogen) atoms. The van der Waals surface area contributed by atoms with Crippen molar-refractivity contribution < 1.29 is 9.53 Å². The van der Waals surface area contributed by atoms with Gasteiger partial charge in [-0.05, 0) is 6.07 Å². The molecule has 1 aromatic rings. The predicted molar refractivity (Wildman–Crippen MR) is 52.9 cm³/mol. The van der Waals surface area contributed by atoms with Crippen LogP contribution in [0.3, 0.4) is 0 Å². The second-order valence-electron chi connectivity index (χ2n) is 2.55. The first-order chi connectivity index (χ1) is 6.13. The summed E-state index contributed by atoms with van der Waals surface area (Å²) in [5, 5.41) is 2.44. The molecular formula is C8H10ClNO2S. The van der Waals surface area contributed by atoms with E-state index in [-0.39, 0.29) is 18.4 Å². The van der Waals surface area contributed by atoms with Crippen LogP contribution in [0.4, 0.5) is 0 Å². The van der Waals surface area contributed by atoms with Crippen LogP contribution >= 0.6 is 22.9 Å². The number of halogens is 1. The first-order valence-corrected chi connectivity index (χ1v) is 4.95. The number of thiophene rings is 1. The number of hydrogen-bond donors (Lipinski definition) is 1. The molecule has 0 bridgehead atoms. The van der Waals surface area contributed by atoms with E-state index in [4.69, 9.17) is 17.3 Å². The van der Waals surface area contributed by atoms with E-state index in [0.29, 0.717) is 5.02 Å². The minimum absolute atomic E-state index is 0.188. The molecule has 1 aromatic heterocycles. The van der Waals surface area contributed by atoms with Gasteiger partial charge in [0.2, 0.25) is 0 Å². The third-order valence-corrected chi connectivity index (χ3v) is 2.98. The Balaban J connectivity index is 2.58. The Hall–Kier alpha value is -0.580. The second kappa shape index (κ2) is 4.60. The van der Waals surface area contributed by atoms with E-state index in [1.54, 1.807) is 11.4 Å². The fraction of sp³-hybridized carbons (Fsp3) is 0.375. The molecule has 0 aliphatic rings. The van der Waals surface area contributed by atoms with Crippen molar-refractivity contribution >= 4 is 28.9 Å². The van der Waals surface area contributed by atoms with E-state index in [9.17, 15) is 4.79 Å². The van der Waals surface area contributed by atoms with Crippen molar-refractivity contribution in [2.24, 2.45) is 5.73 Å². The fourth-order valence-electron chi connectivity index (χ4n) is 0.886. The normalized spacial score (nSPS) is 12.5. The van der Waals surface area contributed by atoms with Crippen LogP contribution in [-0.4, -0.2) is 13.1 Å². The van der Waals surface area contributed by atoms with Crippen molar-refractivity contribution in [1.29, 1.82) is 0 Å². The number of rotatable bonds is 3. The highest BCUT2D eigenvalue weighted by atomic mass is 35.5. The summed E-state index contributed by atoms with van der Waals surface area (Å²) in [7, 11) is 1.34. The van der Waals surface area contributed by atoms with Gasteiger partial charge in [0.05, 0.1) is 18.6 Å². The molecule has 1 rings (SSSR count). The van der Waals surface area contributed by atoms with E-state index < -0.39 is 0 Å². The average Bonchev–Trinajstić information content (AvgIpc) is 2.51. The third-order valence-electron chi connectivity index (χ3n) is 1.57. The van der Waals surface area contributed by atoms with Crippen LogP contribution in [0.2, 0.25) is 5.02 Å². The standard InChI is InChI=1S/C8H10ClNO2S/c1-12-8(11)3-6(10)7-2-5(9)4-13-7/h2,4,6H,3,10H2,1H3/t6-/m0/s1. The monoisotopic (exact) mass is 219 g/mol. The highest BCUT2D eigenvalue weighted by Crippen LogP contribution is 2.25. The van der Waals surface area contributed by atoms with E-state index in [1.165, 1.54) is 18.4 Å². The molecule has 0 unspecified atom stereocenters. The van der Waals surface area contributed by atoms with Gasteiger partial charge in [-0.3, -0.25) is 4.79 Å². The van der Waals surface area contributed by atoms with Crippen LogP contribution in [0, 0.1) is 0 Å². The van der Waals surface area contributed by atoms with Crippen molar-refractivity contribution in [2.45, 2.75) is 12.5 Å². The van der Waals surface area contributed by atoms with Crippen molar-refractivity contribution in [1.82, 2.24) is 0 Å². The Morgan fingerprint density at radius 3 is 3.00 bits per heavy atom. The van der Waals surface area contributed by atoms with E-state index in [2.05, 4.69) is 4.74 Å². The molecule has 0 saturated heterocycles. The Labute approximate surface area is 85.4 Å². The quantitative estimate of drug-likeness (QED) is 0.791. The van der Waals surface area contributed by atoms with Gasteiger partial charge >= 0.3 is 5.97 Å². The molecule has 0 aromatic carbocycles. The van der Waals surface area contributed by atoms with Crippen LogP contribution in [0.5, 0.6) is 0 Å². The number of methoxy groups -OCH3 is 1. The number of ether oxygens (including phenoxy) is 1. The largest absolute Gasteiger partial charge is 0.469 e. The summed E-state index contributed by atoms with van der Waals surface area (Å²) in [6.45, 7) is 0. The second-order valence-corrected chi connectivity index (χ2v) is 3.93. The maximum atomic E-state index is 10.9. The van der Waals surface area contributed by atoms with Crippen molar-refractivity contribution in [3.05, 3.63) is 21.3 Å². The lowest BCUT2D eigenvalue weighted by atomic mass is 10.2. The van der Waals surface area contributed by atoms with Gasteiger partial charge in [0.1, 0.15) is 0 Å². The van der Waals surface area contributed by atoms with Gasteiger partial charge in [-0.2, -0.15) is 0 Å². The van der Waals surface area contributed by atoms with Crippen LogP contribution < -0.4 is 5.73 Å². The molecular weight excluding hydrogens is 210 g/mol. The smallest absolute Gasteiger partial charge is 0.307 e. The molecule has 0 amide bonds. The van der Waals surface area contributed by atoms with Gasteiger partial charge in [-0.15, -0.1) is 11.3 Å². The first-order valence-electron chi connectivity index (χ1n) is 3.70. The maximum absolute atomic E-state index is 10.9. The van der Waals surface area contributed by atoms with Gasteiger partial charge in [0.25, 0.3) is 0 Å². The van der Waals surface area contributed by atoms with Crippen LogP contribution in [-0.2, 0) is 9.53 Å². The van der Waals surface area contributed by atoms with Gasteiger partial charge in [0, 0.05) is 16.3 Å². The molecule has 3 nitrogen and oxygen atoms in total. The van der Waals surface area contributed by atoms with Gasteiger partial charge in [-0.1, -0.05) is 11.6 Å². The third kappa shape index (κ3) is 2.99. The van der Waals surface area contributed by atoms with E-state index in [0.717, 1.165) is 4.88 Å². The van der Waals surface area contributed by atoms with Crippen LogP contribution in [0.25, 0.3) is 0 Å². The lowest BCUT2D eigenvalue weighted by Crippen LogP contribution is -2.15. The first kappa shape index (κ1) is 10.5. The average molecular weight is 220 g/mol. The summed E-state index contributed by atoms with van der Waals surface area (Å²) < 4.78 is 4.50. The summed E-state index contributed by atoms with van der Waals surface area (Å²) in [6.07, 6.45) is 0.188. The Morgan fingerprint density at radius 1 is 1.85 bits per heavy atom. The van der Waals surface area contributed by atoms with Crippen molar-refractivity contribution in [3.63, 3.8) is 0 Å². The summed E-state index contributed by atoms with van der Waals surface area (Å²) in [6, 6.07) is 1.45. The molecule has 0 fully saturated rings. The SMILES string of the molecule is COC(=O)C[C@H](N)c1cc(Cl)cs1. The van der Waals surface area contributed by atoms with Gasteiger partial charge in [-0.25, -0.2) is 0 Å². The fourth-order valence-corrected chi connectivity index (χ4v) is 1.97. The summed E-state index contributed by atoms with van der Waals surface area (Å²) in [5.41, 5.74) is 5.74. The van der Waals surface area contributed by atoms with Gasteiger partial charge < -0.3 is 10.5 Å². The van der Waals surface area contributed by atoms with Crippen molar-refractivity contribution in [2.75, 3.05) is 7.11 Å². The molecule has 72 valence electrons. The van der Waals surface area contributed by atoms with E-state index >= 15 is 0 Å². The van der Waals surface area contributed by atoms with Crippen LogP contribution in [0.15, 0.2) is 11.4 Å². The topological polar surface area (TPSA) is 52.3 Å². The molecule has 0 saturated carbocycles. The molecule has 0 aliphatic heterocycles. The zero-order chi connectivity index (χ0) is 9.84. The molecule has 5 heteroatoms. The summed E-state index contributed by atoms with van der Waals surface area (Å²) >= 11 is 7.16. The minimum Gasteiger partial charge on any atom is -0.469 e. The summed E-state index contributed by atoms with van der Waals surface area (Å²) in [5.74, 6) is -0.308. The summed E-state index contributed by atoms with van der Waals surface area (Å²) in [4.78, 5) is 11.8. The highest BCUT2D eigenvalue weighted by molar-refractivity contribution is 7.10.